The van der Waals surface area contributed by atoms with Gasteiger partial charge < -0.3 is 14.9 Å². The maximum atomic E-state index is 4.43. The summed E-state index contributed by atoms with van der Waals surface area (Å²) >= 11 is 0. The van der Waals surface area contributed by atoms with Gasteiger partial charge in [-0.1, -0.05) is 35.0 Å². The fourth-order valence-corrected chi connectivity index (χ4v) is 1.99. The van der Waals surface area contributed by atoms with E-state index in [-0.39, 0.29) is 35.3 Å². The van der Waals surface area contributed by atoms with Crippen molar-refractivity contribution in [1.82, 2.24) is 4.98 Å². The number of aromatic nitrogens is 1. The third-order valence-electron chi connectivity index (χ3n) is 2.70. The van der Waals surface area contributed by atoms with Crippen molar-refractivity contribution in [2.75, 3.05) is 0 Å². The minimum absolute atomic E-state index is 0. The van der Waals surface area contributed by atoms with Gasteiger partial charge in [-0.2, -0.15) is 18.6 Å². The first-order valence-electron chi connectivity index (χ1n) is 4.95. The van der Waals surface area contributed by atoms with Gasteiger partial charge in [0.15, 0.2) is 0 Å². The van der Waals surface area contributed by atoms with Gasteiger partial charge in [0, 0.05) is 32.1 Å². The summed E-state index contributed by atoms with van der Waals surface area (Å²) in [6, 6.07) is 14.4. The first-order valence-corrected chi connectivity index (χ1v) is 4.95. The molecule has 0 spiro atoms. The second-order valence-electron chi connectivity index (χ2n) is 3.66. The molecule has 2 heteroatoms. The SMILES string of the molecule is [CH2-]c1cccc2ccc3cccnc3c12.[CH3-].[CH3-].[Pd]. The summed E-state index contributed by atoms with van der Waals surface area (Å²) in [5, 5.41) is 3.53. The van der Waals surface area contributed by atoms with E-state index in [4.69, 9.17) is 0 Å². The molecule has 98 valence electrons. The fourth-order valence-electron chi connectivity index (χ4n) is 1.99. The smallest absolute Gasteiger partial charge is 0.0262 e. The molecule has 1 aromatic heterocycles. The van der Waals surface area contributed by atoms with Gasteiger partial charge in [-0.05, 0) is 11.5 Å². The van der Waals surface area contributed by atoms with E-state index < -0.39 is 0 Å². The van der Waals surface area contributed by atoms with Crippen molar-refractivity contribution in [3.8, 4) is 0 Å². The Morgan fingerprint density at radius 3 is 2.28 bits per heavy atom. The standard InChI is InChI=1S/C14H10N.2CH3.Pd/c1-10-4-2-5-11-7-8-12-6-3-9-15-14(12)13(10)11;;;/h2-9H,1H2;2*1H3;/q3*-1;. The number of nitrogens with zero attached hydrogens (tertiary/aromatic N) is 1. The minimum atomic E-state index is 0. The zero-order valence-electron chi connectivity index (χ0n) is 10.6. The second-order valence-corrected chi connectivity index (χ2v) is 3.66. The zero-order valence-corrected chi connectivity index (χ0v) is 12.1. The summed E-state index contributed by atoms with van der Waals surface area (Å²) in [6.07, 6.45) is 1.83. The normalized spacial score (nSPS) is 9.11. The molecule has 0 bridgehead atoms. The molecule has 0 amide bonds. The number of pyridine rings is 1. The predicted molar refractivity (Wildman–Crippen MR) is 76.5 cm³/mol. The summed E-state index contributed by atoms with van der Waals surface area (Å²) in [4.78, 5) is 4.43. The van der Waals surface area contributed by atoms with E-state index in [0.29, 0.717) is 0 Å². The van der Waals surface area contributed by atoms with Gasteiger partial charge >= 0.3 is 0 Å². The van der Waals surface area contributed by atoms with Gasteiger partial charge in [0.2, 0.25) is 0 Å². The van der Waals surface area contributed by atoms with E-state index >= 15 is 0 Å². The Morgan fingerprint density at radius 2 is 1.50 bits per heavy atom. The molecular weight excluding hydrogens is 313 g/mol. The molecule has 0 unspecified atom stereocenters. The van der Waals surface area contributed by atoms with E-state index in [0.717, 1.165) is 16.5 Å². The monoisotopic (exact) mass is 328 g/mol. The van der Waals surface area contributed by atoms with Crippen LogP contribution < -0.4 is 0 Å². The van der Waals surface area contributed by atoms with E-state index in [9.17, 15) is 0 Å². The van der Waals surface area contributed by atoms with Gasteiger partial charge in [0.05, 0.1) is 0 Å². The maximum absolute atomic E-state index is 4.43. The Bertz CT molecular complexity index is 647. The summed E-state index contributed by atoms with van der Waals surface area (Å²) < 4.78 is 0. The third-order valence-corrected chi connectivity index (χ3v) is 2.70. The quantitative estimate of drug-likeness (QED) is 0.337. The van der Waals surface area contributed by atoms with Crippen LogP contribution in [-0.4, -0.2) is 4.98 Å². The predicted octanol–water partition coefficient (Wildman–Crippen LogP) is 4.47. The fraction of sp³-hybridized carbons (Fsp3) is 0. The van der Waals surface area contributed by atoms with E-state index in [1.54, 1.807) is 0 Å². The summed E-state index contributed by atoms with van der Waals surface area (Å²) in [5.41, 5.74) is 2.08. The Hall–Kier alpha value is -1.36. The molecule has 0 radical (unpaired) electrons. The van der Waals surface area contributed by atoms with Crippen molar-refractivity contribution in [3.63, 3.8) is 0 Å². The van der Waals surface area contributed by atoms with Crippen LogP contribution in [0.15, 0.2) is 48.7 Å². The Labute approximate surface area is 123 Å². The maximum Gasteiger partial charge on any atom is 0.0262 e. The van der Waals surface area contributed by atoms with E-state index in [1.165, 1.54) is 10.8 Å². The van der Waals surface area contributed by atoms with Crippen molar-refractivity contribution >= 4 is 21.7 Å². The van der Waals surface area contributed by atoms with Crippen molar-refractivity contribution in [3.05, 3.63) is 76.0 Å². The molecule has 1 nitrogen and oxygen atoms in total. The number of hydrogen-bond donors (Lipinski definition) is 0. The number of rotatable bonds is 0. The summed E-state index contributed by atoms with van der Waals surface area (Å²) in [5.74, 6) is 0. The Kier molecular flexibility index (Phi) is 6.05. The van der Waals surface area contributed by atoms with Crippen LogP contribution in [0.2, 0.25) is 0 Å². The van der Waals surface area contributed by atoms with Crippen LogP contribution in [0.25, 0.3) is 21.7 Å². The van der Waals surface area contributed by atoms with E-state index in [1.807, 2.05) is 24.4 Å². The molecule has 3 rings (SSSR count). The van der Waals surface area contributed by atoms with Crippen LogP contribution in [0.5, 0.6) is 0 Å². The van der Waals surface area contributed by atoms with E-state index in [2.05, 4.69) is 36.2 Å². The van der Waals surface area contributed by atoms with Crippen LogP contribution in [0, 0.1) is 21.8 Å². The van der Waals surface area contributed by atoms with Gasteiger partial charge in [0.25, 0.3) is 0 Å². The molecule has 0 aliphatic heterocycles. The van der Waals surface area contributed by atoms with Crippen molar-refractivity contribution in [1.29, 1.82) is 0 Å². The van der Waals surface area contributed by atoms with Crippen molar-refractivity contribution in [2.45, 2.75) is 0 Å². The van der Waals surface area contributed by atoms with Crippen LogP contribution >= 0.6 is 0 Å². The van der Waals surface area contributed by atoms with Gasteiger partial charge in [0.1, 0.15) is 0 Å². The Morgan fingerprint density at radius 1 is 0.833 bits per heavy atom. The molecule has 0 fully saturated rings. The van der Waals surface area contributed by atoms with Crippen LogP contribution in [0.3, 0.4) is 0 Å². The van der Waals surface area contributed by atoms with Crippen LogP contribution in [0.1, 0.15) is 5.56 Å². The summed E-state index contributed by atoms with van der Waals surface area (Å²) in [7, 11) is 0. The molecule has 1 heterocycles. The molecular formula is C16H16NPd-3. The number of fused-ring (bicyclic) bond motifs is 3. The Balaban J connectivity index is 0.000000963. The second kappa shape index (κ2) is 6.54. The summed E-state index contributed by atoms with van der Waals surface area (Å²) in [6.45, 7) is 4.06. The first-order chi connectivity index (χ1) is 7.36. The van der Waals surface area contributed by atoms with Crippen LogP contribution in [-0.2, 0) is 20.4 Å². The average molecular weight is 329 g/mol. The number of hydrogen-bond acceptors (Lipinski definition) is 1. The topological polar surface area (TPSA) is 12.9 Å². The minimum Gasteiger partial charge on any atom is -0.358 e. The average Bonchev–Trinajstić information content (AvgIpc) is 2.29. The van der Waals surface area contributed by atoms with Gasteiger partial charge in [-0.3, -0.25) is 4.98 Å². The third kappa shape index (κ3) is 2.56. The largest absolute Gasteiger partial charge is 0.358 e. The molecule has 0 N–H and O–H groups in total. The molecule has 0 aliphatic rings. The number of benzene rings is 2. The molecule has 0 saturated heterocycles. The molecule has 0 saturated carbocycles. The first kappa shape index (κ1) is 16.6. The zero-order chi connectivity index (χ0) is 10.3. The molecule has 18 heavy (non-hydrogen) atoms. The molecule has 0 aliphatic carbocycles. The van der Waals surface area contributed by atoms with Crippen LogP contribution in [0.4, 0.5) is 0 Å². The van der Waals surface area contributed by atoms with Gasteiger partial charge in [-0.15, -0.1) is 6.07 Å². The molecule has 0 atom stereocenters. The van der Waals surface area contributed by atoms with Crippen molar-refractivity contribution < 1.29 is 20.4 Å². The molecule has 2 aromatic carbocycles. The van der Waals surface area contributed by atoms with Crippen molar-refractivity contribution in [2.24, 2.45) is 0 Å². The van der Waals surface area contributed by atoms with Gasteiger partial charge in [-0.25, -0.2) is 0 Å². The molecule has 3 aromatic rings.